The highest BCUT2D eigenvalue weighted by Gasteiger charge is 2.21. The molecular formula is C21H21NO4. The number of aliphatic carboxylic acids is 1. The number of benzene rings is 2. The van der Waals surface area contributed by atoms with Gasteiger partial charge in [-0.1, -0.05) is 30.3 Å². The molecule has 0 radical (unpaired) electrons. The number of ether oxygens (including phenoxy) is 1. The third kappa shape index (κ3) is 2.71. The van der Waals surface area contributed by atoms with Crippen LogP contribution in [-0.4, -0.2) is 27.9 Å². The fourth-order valence-electron chi connectivity index (χ4n) is 3.43. The smallest absolute Gasteiger partial charge is 0.331 e. The SMILES string of the molecule is COc1cc(/C=C(\C)C(=O)O)c2c(C)c(-c3ccccc3)n(C)c2c1O. The zero-order chi connectivity index (χ0) is 19.0. The van der Waals surface area contributed by atoms with Gasteiger partial charge in [0.05, 0.1) is 18.3 Å². The minimum atomic E-state index is -0.984. The average molecular weight is 351 g/mol. The summed E-state index contributed by atoms with van der Waals surface area (Å²) in [5.41, 5.74) is 4.48. The first-order chi connectivity index (χ1) is 12.4. The quantitative estimate of drug-likeness (QED) is 0.685. The summed E-state index contributed by atoms with van der Waals surface area (Å²) in [6, 6.07) is 11.6. The molecule has 0 saturated heterocycles. The van der Waals surface area contributed by atoms with E-state index in [0.717, 1.165) is 22.2 Å². The zero-order valence-corrected chi connectivity index (χ0v) is 15.2. The number of hydrogen-bond donors (Lipinski definition) is 2. The van der Waals surface area contributed by atoms with Crippen LogP contribution < -0.4 is 4.74 Å². The van der Waals surface area contributed by atoms with Crippen molar-refractivity contribution in [3.05, 3.63) is 53.1 Å². The molecule has 2 aromatic carbocycles. The molecule has 0 spiro atoms. The number of carboxylic acid groups (broad SMARTS) is 1. The maximum absolute atomic E-state index is 11.3. The van der Waals surface area contributed by atoms with Crippen molar-refractivity contribution in [1.29, 1.82) is 0 Å². The number of rotatable bonds is 4. The first-order valence-electron chi connectivity index (χ1n) is 8.22. The van der Waals surface area contributed by atoms with Crippen molar-refractivity contribution in [3.63, 3.8) is 0 Å². The average Bonchev–Trinajstić information content (AvgIpc) is 2.89. The van der Waals surface area contributed by atoms with E-state index in [2.05, 4.69) is 0 Å². The molecule has 0 aliphatic heterocycles. The van der Waals surface area contributed by atoms with Crippen molar-refractivity contribution in [3.8, 4) is 22.8 Å². The largest absolute Gasteiger partial charge is 0.503 e. The predicted octanol–water partition coefficient (Wildman–Crippen LogP) is 4.36. The predicted molar refractivity (Wildman–Crippen MR) is 103 cm³/mol. The summed E-state index contributed by atoms with van der Waals surface area (Å²) in [7, 11) is 3.36. The van der Waals surface area contributed by atoms with Crippen molar-refractivity contribution in [2.45, 2.75) is 13.8 Å². The number of phenols is 1. The van der Waals surface area contributed by atoms with Crippen LogP contribution >= 0.6 is 0 Å². The molecular weight excluding hydrogens is 330 g/mol. The van der Waals surface area contributed by atoms with Gasteiger partial charge >= 0.3 is 5.97 Å². The normalized spacial score (nSPS) is 11.8. The number of phenolic OH excluding ortho intramolecular Hbond substituents is 1. The summed E-state index contributed by atoms with van der Waals surface area (Å²) >= 11 is 0. The van der Waals surface area contributed by atoms with Gasteiger partial charge < -0.3 is 19.5 Å². The number of aromatic nitrogens is 1. The summed E-state index contributed by atoms with van der Waals surface area (Å²) in [6.45, 7) is 3.52. The molecule has 0 saturated carbocycles. The van der Waals surface area contributed by atoms with E-state index in [4.69, 9.17) is 4.74 Å². The molecule has 134 valence electrons. The highest BCUT2D eigenvalue weighted by molar-refractivity contribution is 6.04. The third-order valence-electron chi connectivity index (χ3n) is 4.65. The number of aryl methyl sites for hydroxylation is 2. The van der Waals surface area contributed by atoms with Gasteiger partial charge in [-0.05, 0) is 42.7 Å². The minimum absolute atomic E-state index is 0.0420. The Labute approximate surface area is 151 Å². The van der Waals surface area contributed by atoms with Crippen molar-refractivity contribution < 1.29 is 19.7 Å². The second-order valence-electron chi connectivity index (χ2n) is 6.27. The molecule has 0 unspecified atom stereocenters. The number of nitrogens with zero attached hydrogens (tertiary/aromatic N) is 1. The van der Waals surface area contributed by atoms with Crippen LogP contribution in [0.25, 0.3) is 28.2 Å². The van der Waals surface area contributed by atoms with E-state index in [1.807, 2.05) is 48.9 Å². The molecule has 0 amide bonds. The van der Waals surface area contributed by atoms with Crippen LogP contribution in [0, 0.1) is 6.92 Å². The Bertz CT molecular complexity index is 1030. The van der Waals surface area contributed by atoms with Crippen LogP contribution in [-0.2, 0) is 11.8 Å². The molecule has 26 heavy (non-hydrogen) atoms. The molecule has 0 atom stereocenters. The Morgan fingerprint density at radius 1 is 1.23 bits per heavy atom. The van der Waals surface area contributed by atoms with E-state index in [1.54, 1.807) is 19.1 Å². The first-order valence-corrected chi connectivity index (χ1v) is 8.22. The van der Waals surface area contributed by atoms with E-state index in [1.165, 1.54) is 7.11 Å². The van der Waals surface area contributed by atoms with Gasteiger partial charge in [-0.3, -0.25) is 0 Å². The number of aromatic hydroxyl groups is 1. The third-order valence-corrected chi connectivity index (χ3v) is 4.65. The molecule has 0 aliphatic rings. The van der Waals surface area contributed by atoms with Gasteiger partial charge in [0.25, 0.3) is 0 Å². The van der Waals surface area contributed by atoms with Crippen LogP contribution in [0.4, 0.5) is 0 Å². The van der Waals surface area contributed by atoms with E-state index in [0.29, 0.717) is 16.8 Å². The van der Waals surface area contributed by atoms with E-state index < -0.39 is 5.97 Å². The zero-order valence-electron chi connectivity index (χ0n) is 15.2. The number of carboxylic acids is 1. The summed E-state index contributed by atoms with van der Waals surface area (Å²) < 4.78 is 7.23. The van der Waals surface area contributed by atoms with Gasteiger partial charge in [-0.25, -0.2) is 4.79 Å². The number of carbonyl (C=O) groups is 1. The van der Waals surface area contributed by atoms with Gasteiger partial charge in [0.1, 0.15) is 0 Å². The lowest BCUT2D eigenvalue weighted by Crippen LogP contribution is -1.96. The maximum atomic E-state index is 11.3. The fraction of sp³-hybridized carbons (Fsp3) is 0.190. The molecule has 5 heteroatoms. The lowest BCUT2D eigenvalue weighted by molar-refractivity contribution is -0.132. The van der Waals surface area contributed by atoms with Crippen LogP contribution in [0.15, 0.2) is 42.0 Å². The highest BCUT2D eigenvalue weighted by atomic mass is 16.5. The first kappa shape index (κ1) is 17.6. The lowest BCUT2D eigenvalue weighted by Gasteiger charge is -2.10. The Balaban J connectivity index is 2.45. The van der Waals surface area contributed by atoms with E-state index in [9.17, 15) is 15.0 Å². The fourth-order valence-corrected chi connectivity index (χ4v) is 3.43. The standard InChI is InChI=1S/C21H21NO4/c1-12(21(24)25)10-15-11-16(26-4)20(23)19-17(15)13(2)18(22(19)3)14-8-6-5-7-9-14/h5-11,23H,1-4H3,(H,24,25)/b12-10+. The van der Waals surface area contributed by atoms with Crippen molar-refractivity contribution >= 4 is 22.9 Å². The monoisotopic (exact) mass is 351 g/mol. The Hall–Kier alpha value is -3.21. The number of methoxy groups -OCH3 is 1. The molecule has 3 rings (SSSR count). The molecule has 3 aromatic rings. The van der Waals surface area contributed by atoms with Crippen LogP contribution in [0.3, 0.4) is 0 Å². The summed E-state index contributed by atoms with van der Waals surface area (Å²) in [4.78, 5) is 11.3. The number of hydrogen-bond acceptors (Lipinski definition) is 3. The molecule has 1 heterocycles. The van der Waals surface area contributed by atoms with Crippen molar-refractivity contribution in [2.24, 2.45) is 7.05 Å². The van der Waals surface area contributed by atoms with Crippen LogP contribution in [0.1, 0.15) is 18.1 Å². The molecule has 0 aliphatic carbocycles. The van der Waals surface area contributed by atoms with Gasteiger partial charge in [0.15, 0.2) is 11.5 Å². The maximum Gasteiger partial charge on any atom is 0.331 e. The second kappa shape index (κ2) is 6.59. The van der Waals surface area contributed by atoms with Crippen LogP contribution in [0.2, 0.25) is 0 Å². The van der Waals surface area contributed by atoms with Crippen LogP contribution in [0.5, 0.6) is 11.5 Å². The van der Waals surface area contributed by atoms with Gasteiger partial charge in [0.2, 0.25) is 0 Å². The Morgan fingerprint density at radius 3 is 2.46 bits per heavy atom. The summed E-state index contributed by atoms with van der Waals surface area (Å²) in [5.74, 6) is -0.635. The second-order valence-corrected chi connectivity index (χ2v) is 6.27. The van der Waals surface area contributed by atoms with Gasteiger partial charge in [-0.15, -0.1) is 0 Å². The summed E-state index contributed by atoms with van der Waals surface area (Å²) in [6.07, 6.45) is 1.61. The molecule has 1 aromatic heterocycles. The van der Waals surface area contributed by atoms with Crippen molar-refractivity contribution in [1.82, 2.24) is 4.57 Å². The summed E-state index contributed by atoms with van der Waals surface area (Å²) in [5, 5.41) is 20.8. The van der Waals surface area contributed by atoms with Crippen molar-refractivity contribution in [2.75, 3.05) is 7.11 Å². The van der Waals surface area contributed by atoms with E-state index in [-0.39, 0.29) is 11.3 Å². The van der Waals surface area contributed by atoms with Gasteiger partial charge in [0, 0.05) is 18.0 Å². The number of fused-ring (bicyclic) bond motifs is 1. The van der Waals surface area contributed by atoms with Gasteiger partial charge in [-0.2, -0.15) is 0 Å². The molecule has 0 bridgehead atoms. The molecule has 5 nitrogen and oxygen atoms in total. The van der Waals surface area contributed by atoms with E-state index >= 15 is 0 Å². The molecule has 2 N–H and O–H groups in total. The highest BCUT2D eigenvalue weighted by Crippen LogP contribution is 2.43. The Morgan fingerprint density at radius 2 is 1.88 bits per heavy atom. The topological polar surface area (TPSA) is 71.7 Å². The molecule has 0 fully saturated rings. The Kier molecular flexibility index (Phi) is 4.47. The lowest BCUT2D eigenvalue weighted by atomic mass is 10.0. The minimum Gasteiger partial charge on any atom is -0.503 e.